The van der Waals surface area contributed by atoms with Gasteiger partial charge in [0.2, 0.25) is 0 Å². The predicted molar refractivity (Wildman–Crippen MR) is 72.2 cm³/mol. The van der Waals surface area contributed by atoms with Crippen LogP contribution in [0.5, 0.6) is 0 Å². The van der Waals surface area contributed by atoms with Gasteiger partial charge in [-0.15, -0.1) is 0 Å². The molecule has 1 aliphatic rings. The Labute approximate surface area is 109 Å². The molecule has 0 amide bonds. The summed E-state index contributed by atoms with van der Waals surface area (Å²) in [7, 11) is 0. The van der Waals surface area contributed by atoms with Gasteiger partial charge >= 0.3 is 0 Å². The second-order valence-corrected chi connectivity index (χ2v) is 5.04. The molecule has 3 nitrogen and oxygen atoms in total. The summed E-state index contributed by atoms with van der Waals surface area (Å²) in [6, 6.07) is 2.04. The molecule has 2 rings (SSSR count). The van der Waals surface area contributed by atoms with Gasteiger partial charge in [-0.1, -0.05) is 13.3 Å². The van der Waals surface area contributed by atoms with E-state index in [9.17, 15) is 4.79 Å². The SMILES string of the molecule is CCCCOCCn1c(C)cc2c1CCCC2=O. The number of ketones is 1. The molecule has 0 aliphatic heterocycles. The highest BCUT2D eigenvalue weighted by Crippen LogP contribution is 2.24. The maximum atomic E-state index is 11.8. The average Bonchev–Trinajstić information content (AvgIpc) is 2.68. The molecular weight excluding hydrogens is 226 g/mol. The molecule has 0 unspecified atom stereocenters. The molecule has 3 heteroatoms. The van der Waals surface area contributed by atoms with Crippen LogP contribution in [0.2, 0.25) is 0 Å². The van der Waals surface area contributed by atoms with E-state index in [2.05, 4.69) is 18.4 Å². The van der Waals surface area contributed by atoms with Crippen molar-refractivity contribution in [3.05, 3.63) is 23.0 Å². The number of aryl methyl sites for hydroxylation is 1. The second-order valence-electron chi connectivity index (χ2n) is 5.04. The minimum Gasteiger partial charge on any atom is -0.380 e. The standard InChI is InChI=1S/C15H23NO2/c1-3-4-9-18-10-8-16-12(2)11-13-14(16)6-5-7-15(13)17/h11H,3-10H2,1-2H3. The number of unbranched alkanes of at least 4 members (excludes halogenated alkanes) is 1. The monoisotopic (exact) mass is 249 g/mol. The number of aromatic nitrogens is 1. The maximum Gasteiger partial charge on any atom is 0.164 e. The minimum atomic E-state index is 0.310. The van der Waals surface area contributed by atoms with Gasteiger partial charge in [0.25, 0.3) is 0 Å². The van der Waals surface area contributed by atoms with Gasteiger partial charge in [0.15, 0.2) is 5.78 Å². The van der Waals surface area contributed by atoms with Crippen LogP contribution in [0.4, 0.5) is 0 Å². The summed E-state index contributed by atoms with van der Waals surface area (Å²) in [5.74, 6) is 0.310. The molecule has 1 aromatic heterocycles. The molecule has 18 heavy (non-hydrogen) atoms. The molecule has 100 valence electrons. The highest BCUT2D eigenvalue weighted by molar-refractivity contribution is 5.98. The van der Waals surface area contributed by atoms with Gasteiger partial charge in [0, 0.05) is 36.5 Å². The molecule has 0 bridgehead atoms. The summed E-state index contributed by atoms with van der Waals surface area (Å²) in [5, 5.41) is 0. The number of fused-ring (bicyclic) bond motifs is 1. The lowest BCUT2D eigenvalue weighted by molar-refractivity contribution is 0.0970. The Balaban J connectivity index is 1.98. The fourth-order valence-corrected chi connectivity index (χ4v) is 2.61. The molecule has 0 aromatic carbocycles. The first kappa shape index (κ1) is 13.3. The third kappa shape index (κ3) is 2.83. The lowest BCUT2D eigenvalue weighted by Crippen LogP contribution is -2.16. The van der Waals surface area contributed by atoms with Crippen molar-refractivity contribution < 1.29 is 9.53 Å². The van der Waals surface area contributed by atoms with Crippen LogP contribution >= 0.6 is 0 Å². The van der Waals surface area contributed by atoms with Crippen molar-refractivity contribution in [2.75, 3.05) is 13.2 Å². The van der Waals surface area contributed by atoms with Gasteiger partial charge in [-0.05, 0) is 32.3 Å². The first-order valence-electron chi connectivity index (χ1n) is 7.04. The molecule has 1 aromatic rings. The molecule has 0 atom stereocenters. The van der Waals surface area contributed by atoms with Gasteiger partial charge in [-0.25, -0.2) is 0 Å². The number of carbonyl (C=O) groups is 1. The van der Waals surface area contributed by atoms with Gasteiger partial charge in [0.1, 0.15) is 0 Å². The summed E-state index contributed by atoms with van der Waals surface area (Å²) in [6.45, 7) is 6.71. The van der Waals surface area contributed by atoms with Crippen LogP contribution in [0.1, 0.15) is 54.4 Å². The van der Waals surface area contributed by atoms with Crippen LogP contribution in [0.3, 0.4) is 0 Å². The van der Waals surface area contributed by atoms with Crippen LogP contribution < -0.4 is 0 Å². The normalized spacial score (nSPS) is 14.9. The number of ether oxygens (including phenoxy) is 1. The third-order valence-electron chi connectivity index (χ3n) is 3.63. The van der Waals surface area contributed by atoms with Crippen LogP contribution in [0.25, 0.3) is 0 Å². The van der Waals surface area contributed by atoms with Crippen LogP contribution in [-0.2, 0) is 17.7 Å². The zero-order valence-corrected chi connectivity index (χ0v) is 11.5. The number of nitrogens with zero attached hydrogens (tertiary/aromatic N) is 1. The van der Waals surface area contributed by atoms with Crippen LogP contribution in [0, 0.1) is 6.92 Å². The molecule has 0 saturated carbocycles. The van der Waals surface area contributed by atoms with E-state index in [0.29, 0.717) is 12.2 Å². The molecule has 1 aliphatic carbocycles. The zero-order chi connectivity index (χ0) is 13.0. The van der Waals surface area contributed by atoms with E-state index in [1.54, 1.807) is 0 Å². The fraction of sp³-hybridized carbons (Fsp3) is 0.667. The number of rotatable bonds is 6. The van der Waals surface area contributed by atoms with Gasteiger partial charge < -0.3 is 9.30 Å². The van der Waals surface area contributed by atoms with Gasteiger partial charge in [-0.3, -0.25) is 4.79 Å². The maximum absolute atomic E-state index is 11.8. The van der Waals surface area contributed by atoms with E-state index in [4.69, 9.17) is 4.74 Å². The summed E-state index contributed by atoms with van der Waals surface area (Å²) < 4.78 is 7.88. The van der Waals surface area contributed by atoms with Crippen molar-refractivity contribution in [3.63, 3.8) is 0 Å². The number of Topliss-reactive ketones (excluding diaryl/α,β-unsaturated/α-hetero) is 1. The van der Waals surface area contributed by atoms with E-state index >= 15 is 0 Å². The van der Waals surface area contributed by atoms with Crippen molar-refractivity contribution in [3.8, 4) is 0 Å². The Morgan fingerprint density at radius 1 is 1.33 bits per heavy atom. The number of carbonyl (C=O) groups excluding carboxylic acids is 1. The highest BCUT2D eigenvalue weighted by atomic mass is 16.5. The Bertz CT molecular complexity index is 420. The van der Waals surface area contributed by atoms with Crippen molar-refractivity contribution in [1.82, 2.24) is 4.57 Å². The Hall–Kier alpha value is -1.09. The van der Waals surface area contributed by atoms with Crippen LogP contribution in [-0.4, -0.2) is 23.6 Å². The van der Waals surface area contributed by atoms with E-state index in [-0.39, 0.29) is 0 Å². The van der Waals surface area contributed by atoms with Crippen molar-refractivity contribution in [1.29, 1.82) is 0 Å². The molecule has 0 radical (unpaired) electrons. The van der Waals surface area contributed by atoms with E-state index in [1.165, 1.54) is 17.8 Å². The summed E-state index contributed by atoms with van der Waals surface area (Å²) >= 11 is 0. The Kier molecular flexibility index (Phi) is 4.59. The quantitative estimate of drug-likeness (QED) is 0.725. The topological polar surface area (TPSA) is 31.2 Å². The predicted octanol–water partition coefficient (Wildman–Crippen LogP) is 3.13. The first-order chi connectivity index (χ1) is 8.74. The van der Waals surface area contributed by atoms with E-state index in [1.807, 2.05) is 6.07 Å². The summed E-state index contributed by atoms with van der Waals surface area (Å²) in [4.78, 5) is 11.8. The fourth-order valence-electron chi connectivity index (χ4n) is 2.61. The van der Waals surface area contributed by atoms with E-state index < -0.39 is 0 Å². The third-order valence-corrected chi connectivity index (χ3v) is 3.63. The van der Waals surface area contributed by atoms with Crippen molar-refractivity contribution in [2.24, 2.45) is 0 Å². The molecule has 0 spiro atoms. The summed E-state index contributed by atoms with van der Waals surface area (Å²) in [5.41, 5.74) is 3.37. The molecular formula is C15H23NO2. The smallest absolute Gasteiger partial charge is 0.164 e. The molecule has 0 fully saturated rings. The van der Waals surface area contributed by atoms with Crippen molar-refractivity contribution >= 4 is 5.78 Å². The Morgan fingerprint density at radius 3 is 2.94 bits per heavy atom. The minimum absolute atomic E-state index is 0.310. The summed E-state index contributed by atoms with van der Waals surface area (Å²) in [6.07, 6.45) is 5.03. The van der Waals surface area contributed by atoms with E-state index in [0.717, 1.165) is 44.6 Å². The lowest BCUT2D eigenvalue weighted by Gasteiger charge is -2.16. The zero-order valence-electron chi connectivity index (χ0n) is 11.5. The lowest BCUT2D eigenvalue weighted by atomic mass is 9.97. The number of hydrogen-bond acceptors (Lipinski definition) is 2. The molecule has 0 N–H and O–H groups in total. The van der Waals surface area contributed by atoms with Crippen molar-refractivity contribution in [2.45, 2.75) is 52.5 Å². The van der Waals surface area contributed by atoms with Gasteiger partial charge in [0.05, 0.1) is 6.61 Å². The van der Waals surface area contributed by atoms with Crippen LogP contribution in [0.15, 0.2) is 6.07 Å². The average molecular weight is 249 g/mol. The molecule has 1 heterocycles. The number of hydrogen-bond donors (Lipinski definition) is 0. The second kappa shape index (κ2) is 6.19. The van der Waals surface area contributed by atoms with Gasteiger partial charge in [-0.2, -0.15) is 0 Å². The highest BCUT2D eigenvalue weighted by Gasteiger charge is 2.22. The largest absolute Gasteiger partial charge is 0.380 e. The first-order valence-corrected chi connectivity index (χ1v) is 7.04. The molecule has 0 saturated heterocycles. The Morgan fingerprint density at radius 2 is 2.17 bits per heavy atom.